The largest absolute Gasteiger partial charge is 0.381 e. The molecule has 0 saturated carbocycles. The fraction of sp³-hybridized carbons (Fsp3) is 0.682. The van der Waals surface area contributed by atoms with Crippen LogP contribution in [0.25, 0.3) is 0 Å². The average Bonchev–Trinajstić information content (AvgIpc) is 3.20. The molecule has 0 N–H and O–H groups in total. The molecule has 27 heavy (non-hydrogen) atoms. The van der Waals surface area contributed by atoms with Crippen molar-refractivity contribution in [3.05, 3.63) is 35.4 Å². The van der Waals surface area contributed by atoms with E-state index in [1.54, 1.807) is 0 Å². The number of amides is 1. The average molecular weight is 372 g/mol. The standard InChI is InChI=1S/C22H33N3O2/c1-16-6-4-5-7-19(16)22-20-14-24(18-8-10-27-11-9-18)12-17(20)13-25(22)21(26)15-23(2)3/h4-7,17-18,20,22H,8-15H2,1-3H3/t17-,20-,22+/m1/s1. The van der Waals surface area contributed by atoms with Crippen LogP contribution in [0.5, 0.6) is 0 Å². The molecule has 5 nitrogen and oxygen atoms in total. The summed E-state index contributed by atoms with van der Waals surface area (Å²) in [6, 6.07) is 9.51. The molecular formula is C22H33N3O2. The molecule has 148 valence electrons. The van der Waals surface area contributed by atoms with Crippen molar-refractivity contribution in [2.45, 2.75) is 31.8 Å². The van der Waals surface area contributed by atoms with Gasteiger partial charge in [-0.3, -0.25) is 9.69 Å². The molecular weight excluding hydrogens is 338 g/mol. The molecule has 3 aliphatic rings. The molecule has 3 atom stereocenters. The molecule has 3 fully saturated rings. The summed E-state index contributed by atoms with van der Waals surface area (Å²) in [6.45, 7) is 7.60. The van der Waals surface area contributed by atoms with Crippen LogP contribution in [0.3, 0.4) is 0 Å². The molecule has 0 spiro atoms. The van der Waals surface area contributed by atoms with Crippen molar-refractivity contribution >= 4 is 5.91 Å². The lowest BCUT2D eigenvalue weighted by atomic mass is 9.87. The molecule has 5 heteroatoms. The van der Waals surface area contributed by atoms with E-state index in [2.05, 4.69) is 41.0 Å². The minimum Gasteiger partial charge on any atom is -0.381 e. The van der Waals surface area contributed by atoms with Crippen molar-refractivity contribution in [1.29, 1.82) is 0 Å². The minimum absolute atomic E-state index is 0.216. The zero-order valence-electron chi connectivity index (χ0n) is 16.9. The number of ether oxygens (including phenoxy) is 1. The molecule has 0 unspecified atom stereocenters. The molecule has 0 aliphatic carbocycles. The van der Waals surface area contributed by atoms with Crippen LogP contribution >= 0.6 is 0 Å². The summed E-state index contributed by atoms with van der Waals surface area (Å²) >= 11 is 0. The lowest BCUT2D eigenvalue weighted by Crippen LogP contribution is -2.43. The number of carbonyl (C=O) groups is 1. The molecule has 0 radical (unpaired) electrons. The van der Waals surface area contributed by atoms with E-state index < -0.39 is 0 Å². The lowest BCUT2D eigenvalue weighted by molar-refractivity contribution is -0.133. The zero-order chi connectivity index (χ0) is 19.0. The van der Waals surface area contributed by atoms with E-state index in [1.165, 1.54) is 11.1 Å². The maximum atomic E-state index is 13.0. The Hall–Kier alpha value is -1.43. The highest BCUT2D eigenvalue weighted by atomic mass is 16.5. The Morgan fingerprint density at radius 2 is 1.89 bits per heavy atom. The number of fused-ring (bicyclic) bond motifs is 1. The number of carbonyl (C=O) groups excluding carboxylic acids is 1. The van der Waals surface area contributed by atoms with Crippen molar-refractivity contribution < 1.29 is 9.53 Å². The Bertz CT molecular complexity index is 671. The predicted molar refractivity (Wildman–Crippen MR) is 107 cm³/mol. The van der Waals surface area contributed by atoms with E-state index in [9.17, 15) is 4.79 Å². The highest BCUT2D eigenvalue weighted by Gasteiger charge is 2.50. The van der Waals surface area contributed by atoms with Gasteiger partial charge in [-0.25, -0.2) is 0 Å². The third kappa shape index (κ3) is 3.78. The van der Waals surface area contributed by atoms with Gasteiger partial charge in [0, 0.05) is 44.8 Å². The van der Waals surface area contributed by atoms with E-state index in [-0.39, 0.29) is 11.9 Å². The number of aryl methyl sites for hydroxylation is 1. The van der Waals surface area contributed by atoms with E-state index in [4.69, 9.17) is 4.74 Å². The second kappa shape index (κ2) is 7.90. The van der Waals surface area contributed by atoms with Gasteiger partial charge >= 0.3 is 0 Å². The number of likely N-dealkylation sites (tertiary alicyclic amines) is 2. The summed E-state index contributed by atoms with van der Waals surface area (Å²) in [5, 5.41) is 0. The van der Waals surface area contributed by atoms with Gasteiger partial charge in [0.1, 0.15) is 0 Å². The minimum atomic E-state index is 0.216. The number of rotatable bonds is 4. The quantitative estimate of drug-likeness (QED) is 0.813. The van der Waals surface area contributed by atoms with Crippen molar-refractivity contribution in [2.24, 2.45) is 11.8 Å². The first-order valence-electron chi connectivity index (χ1n) is 10.4. The summed E-state index contributed by atoms with van der Waals surface area (Å²) in [7, 11) is 3.95. The van der Waals surface area contributed by atoms with Gasteiger partial charge in [-0.2, -0.15) is 0 Å². The second-order valence-corrected chi connectivity index (χ2v) is 8.81. The van der Waals surface area contributed by atoms with Gasteiger partial charge in [0.2, 0.25) is 5.91 Å². The van der Waals surface area contributed by atoms with Crippen LogP contribution < -0.4 is 0 Å². The Morgan fingerprint density at radius 3 is 2.59 bits per heavy atom. The third-order valence-corrected chi connectivity index (χ3v) is 6.68. The lowest BCUT2D eigenvalue weighted by Gasteiger charge is -2.35. The van der Waals surface area contributed by atoms with E-state index in [1.807, 2.05) is 19.0 Å². The van der Waals surface area contributed by atoms with Crippen molar-refractivity contribution in [3.8, 4) is 0 Å². The Balaban J connectivity index is 1.58. The van der Waals surface area contributed by atoms with Gasteiger partial charge < -0.3 is 14.5 Å². The first-order valence-corrected chi connectivity index (χ1v) is 10.4. The highest BCUT2D eigenvalue weighted by Crippen LogP contribution is 2.46. The van der Waals surface area contributed by atoms with Crippen LogP contribution in [0.15, 0.2) is 24.3 Å². The molecule has 3 saturated heterocycles. The number of hydrogen-bond acceptors (Lipinski definition) is 4. The van der Waals surface area contributed by atoms with Gasteiger partial charge in [0.05, 0.1) is 12.6 Å². The van der Waals surface area contributed by atoms with Gasteiger partial charge in [-0.1, -0.05) is 24.3 Å². The Morgan fingerprint density at radius 1 is 1.15 bits per heavy atom. The fourth-order valence-electron chi connectivity index (χ4n) is 5.36. The molecule has 1 aromatic carbocycles. The maximum absolute atomic E-state index is 13.0. The topological polar surface area (TPSA) is 36.0 Å². The number of likely N-dealkylation sites (N-methyl/N-ethyl adjacent to an activating group) is 1. The number of hydrogen-bond donors (Lipinski definition) is 0. The smallest absolute Gasteiger partial charge is 0.237 e. The molecule has 3 aliphatic heterocycles. The predicted octanol–water partition coefficient (Wildman–Crippen LogP) is 2.17. The monoisotopic (exact) mass is 371 g/mol. The van der Waals surface area contributed by atoms with Crippen LogP contribution in [0.1, 0.15) is 30.0 Å². The summed E-state index contributed by atoms with van der Waals surface area (Å²) < 4.78 is 5.56. The SMILES string of the molecule is Cc1ccccc1[C@H]1[C@@H]2CN(C3CCOCC3)C[C@@H]2CN1C(=O)CN(C)C. The normalized spacial score (nSPS) is 29.5. The Kier molecular flexibility index (Phi) is 5.53. The van der Waals surface area contributed by atoms with Gasteiger partial charge in [-0.15, -0.1) is 0 Å². The molecule has 1 amide bonds. The van der Waals surface area contributed by atoms with E-state index in [0.717, 1.165) is 45.7 Å². The maximum Gasteiger partial charge on any atom is 0.237 e. The summed E-state index contributed by atoms with van der Waals surface area (Å²) in [4.78, 5) is 19.9. The van der Waals surface area contributed by atoms with E-state index >= 15 is 0 Å². The van der Waals surface area contributed by atoms with Gasteiger partial charge in [0.25, 0.3) is 0 Å². The summed E-state index contributed by atoms with van der Waals surface area (Å²) in [5.41, 5.74) is 2.64. The molecule has 0 aromatic heterocycles. The molecule has 1 aromatic rings. The third-order valence-electron chi connectivity index (χ3n) is 6.68. The Labute approximate surface area is 163 Å². The van der Waals surface area contributed by atoms with Crippen LogP contribution in [0.4, 0.5) is 0 Å². The molecule has 3 heterocycles. The number of nitrogens with zero attached hydrogens (tertiary/aromatic N) is 3. The van der Waals surface area contributed by atoms with Crippen LogP contribution in [0, 0.1) is 18.8 Å². The van der Waals surface area contributed by atoms with Crippen molar-refractivity contribution in [1.82, 2.24) is 14.7 Å². The first-order chi connectivity index (χ1) is 13.0. The second-order valence-electron chi connectivity index (χ2n) is 8.81. The first kappa shape index (κ1) is 18.9. The molecule has 4 rings (SSSR count). The highest BCUT2D eigenvalue weighted by molar-refractivity contribution is 5.79. The van der Waals surface area contributed by atoms with Crippen LogP contribution in [-0.2, 0) is 9.53 Å². The van der Waals surface area contributed by atoms with Crippen LogP contribution in [-0.4, -0.2) is 80.1 Å². The van der Waals surface area contributed by atoms with E-state index in [0.29, 0.717) is 24.4 Å². The fourth-order valence-corrected chi connectivity index (χ4v) is 5.36. The van der Waals surface area contributed by atoms with Crippen LogP contribution in [0.2, 0.25) is 0 Å². The van der Waals surface area contributed by atoms with Crippen molar-refractivity contribution in [3.63, 3.8) is 0 Å². The zero-order valence-corrected chi connectivity index (χ0v) is 16.9. The van der Waals surface area contributed by atoms with Crippen molar-refractivity contribution in [2.75, 3.05) is 53.5 Å². The van der Waals surface area contributed by atoms with Gasteiger partial charge in [0.15, 0.2) is 0 Å². The summed E-state index contributed by atoms with van der Waals surface area (Å²) in [5.74, 6) is 1.39. The van der Waals surface area contributed by atoms with Gasteiger partial charge in [-0.05, 0) is 50.9 Å². The number of benzene rings is 1. The summed E-state index contributed by atoms with van der Waals surface area (Å²) in [6.07, 6.45) is 2.30. The molecule has 0 bridgehead atoms.